The molecule has 5 nitrogen and oxygen atoms in total. The number of nitrogens with one attached hydrogen (secondary N) is 2. The Hall–Kier alpha value is -2.56. The first-order valence-electron chi connectivity index (χ1n) is 5.02. The third-order valence-electron chi connectivity index (χ3n) is 2.73. The fraction of sp³-hybridized carbons (Fsp3) is 0. The zero-order valence-electron chi connectivity index (χ0n) is 8.65. The van der Waals surface area contributed by atoms with E-state index in [1.54, 1.807) is 18.3 Å². The van der Waals surface area contributed by atoms with Crippen molar-refractivity contribution in [2.75, 3.05) is 0 Å². The summed E-state index contributed by atoms with van der Waals surface area (Å²) >= 11 is 0. The van der Waals surface area contributed by atoms with Crippen LogP contribution in [0.3, 0.4) is 0 Å². The van der Waals surface area contributed by atoms with Gasteiger partial charge in [0, 0.05) is 23.0 Å². The van der Waals surface area contributed by atoms with E-state index in [-0.39, 0.29) is 11.1 Å². The van der Waals surface area contributed by atoms with Crippen molar-refractivity contribution in [2.45, 2.75) is 0 Å². The van der Waals surface area contributed by atoms with Gasteiger partial charge in [-0.1, -0.05) is 0 Å². The number of aromatic carboxylic acids is 1. The van der Waals surface area contributed by atoms with Crippen molar-refractivity contribution < 1.29 is 9.90 Å². The fourth-order valence-electron chi connectivity index (χ4n) is 1.95. The molecular formula is C12H8N2O3. The van der Waals surface area contributed by atoms with E-state index in [1.165, 1.54) is 12.1 Å². The number of aromatic amines is 2. The molecule has 1 aromatic carbocycles. The average Bonchev–Trinajstić information content (AvgIpc) is 2.64. The molecule has 3 N–H and O–H groups in total. The molecule has 0 fully saturated rings. The SMILES string of the molecule is O=C(O)c1cc2c(c[nH]1)[nH]c1cc(=O)ccc12. The third kappa shape index (κ3) is 1.40. The maximum absolute atomic E-state index is 11.2. The van der Waals surface area contributed by atoms with Crippen molar-refractivity contribution >= 4 is 27.8 Å². The van der Waals surface area contributed by atoms with Crippen LogP contribution in [0.25, 0.3) is 21.8 Å². The Morgan fingerprint density at radius 1 is 1.12 bits per heavy atom. The molecular weight excluding hydrogens is 220 g/mol. The molecule has 3 rings (SSSR count). The minimum Gasteiger partial charge on any atom is -0.477 e. The van der Waals surface area contributed by atoms with Crippen molar-refractivity contribution in [3.8, 4) is 0 Å². The molecule has 0 unspecified atom stereocenters. The molecule has 0 saturated heterocycles. The average molecular weight is 228 g/mol. The molecule has 0 aliphatic rings. The van der Waals surface area contributed by atoms with E-state index < -0.39 is 5.97 Å². The van der Waals surface area contributed by atoms with Crippen LogP contribution in [0, 0.1) is 0 Å². The molecule has 0 atom stereocenters. The molecule has 0 aliphatic carbocycles. The van der Waals surface area contributed by atoms with Gasteiger partial charge in [-0.05, 0) is 18.2 Å². The molecule has 3 aromatic rings. The number of benzene rings is 1. The molecule has 5 heteroatoms. The normalized spacial score (nSPS) is 11.1. The van der Waals surface area contributed by atoms with E-state index in [0.717, 1.165) is 16.3 Å². The predicted octanol–water partition coefficient (Wildman–Crippen LogP) is 1.71. The van der Waals surface area contributed by atoms with Gasteiger partial charge in [-0.15, -0.1) is 0 Å². The Labute approximate surface area is 94.7 Å². The first-order valence-corrected chi connectivity index (χ1v) is 5.02. The summed E-state index contributed by atoms with van der Waals surface area (Å²) in [5.74, 6) is -1.01. The Morgan fingerprint density at radius 3 is 2.71 bits per heavy atom. The molecule has 0 bridgehead atoms. The lowest BCUT2D eigenvalue weighted by Crippen LogP contribution is -1.98. The van der Waals surface area contributed by atoms with Crippen molar-refractivity contribution in [3.05, 3.63) is 46.4 Å². The Balaban J connectivity index is 2.45. The number of hydrogen-bond acceptors (Lipinski definition) is 2. The molecule has 0 amide bonds. The number of aromatic nitrogens is 2. The zero-order valence-corrected chi connectivity index (χ0v) is 8.65. The van der Waals surface area contributed by atoms with Crippen molar-refractivity contribution in [1.29, 1.82) is 0 Å². The maximum Gasteiger partial charge on any atom is 0.352 e. The van der Waals surface area contributed by atoms with Gasteiger partial charge in [0.2, 0.25) is 0 Å². The Kier molecular flexibility index (Phi) is 1.82. The maximum atomic E-state index is 11.2. The molecule has 0 radical (unpaired) electrons. The quantitative estimate of drug-likeness (QED) is 0.592. The van der Waals surface area contributed by atoms with E-state index in [2.05, 4.69) is 9.97 Å². The van der Waals surface area contributed by atoms with Gasteiger partial charge in [-0.3, -0.25) is 4.79 Å². The summed E-state index contributed by atoms with van der Waals surface area (Å²) in [6, 6.07) is 6.21. The topological polar surface area (TPSA) is 85.9 Å². The van der Waals surface area contributed by atoms with Gasteiger partial charge in [0.05, 0.1) is 11.0 Å². The zero-order chi connectivity index (χ0) is 12.0. The van der Waals surface area contributed by atoms with Gasteiger partial charge in [0.15, 0.2) is 5.43 Å². The van der Waals surface area contributed by atoms with Crippen LogP contribution in [0.1, 0.15) is 10.5 Å². The summed E-state index contributed by atoms with van der Waals surface area (Å²) in [6.45, 7) is 0. The van der Waals surface area contributed by atoms with Crippen LogP contribution < -0.4 is 5.43 Å². The lowest BCUT2D eigenvalue weighted by molar-refractivity contribution is 0.0691. The number of fused-ring (bicyclic) bond motifs is 3. The second kappa shape index (κ2) is 3.21. The highest BCUT2D eigenvalue weighted by Crippen LogP contribution is 2.23. The van der Waals surface area contributed by atoms with E-state index >= 15 is 0 Å². The monoisotopic (exact) mass is 228 g/mol. The van der Waals surface area contributed by atoms with Crippen LogP contribution >= 0.6 is 0 Å². The Morgan fingerprint density at radius 2 is 1.94 bits per heavy atom. The number of pyridine rings is 1. The van der Waals surface area contributed by atoms with Gasteiger partial charge in [0.1, 0.15) is 5.69 Å². The van der Waals surface area contributed by atoms with Crippen LogP contribution in [0.4, 0.5) is 0 Å². The summed E-state index contributed by atoms with van der Waals surface area (Å²) in [4.78, 5) is 27.8. The summed E-state index contributed by atoms with van der Waals surface area (Å²) in [7, 11) is 0. The fourth-order valence-corrected chi connectivity index (χ4v) is 1.95. The second-order valence-corrected chi connectivity index (χ2v) is 3.81. The lowest BCUT2D eigenvalue weighted by Gasteiger charge is -1.95. The highest BCUT2D eigenvalue weighted by molar-refractivity contribution is 6.08. The number of carboxylic acid groups (broad SMARTS) is 1. The summed E-state index contributed by atoms with van der Waals surface area (Å²) < 4.78 is 0. The second-order valence-electron chi connectivity index (χ2n) is 3.81. The Bertz CT molecular complexity index is 798. The van der Waals surface area contributed by atoms with Crippen molar-refractivity contribution in [1.82, 2.24) is 9.97 Å². The molecule has 0 spiro atoms. The summed E-state index contributed by atoms with van der Waals surface area (Å²) in [5.41, 5.74) is 1.52. The van der Waals surface area contributed by atoms with Gasteiger partial charge >= 0.3 is 5.97 Å². The van der Waals surface area contributed by atoms with Crippen LogP contribution in [0.15, 0.2) is 35.3 Å². The van der Waals surface area contributed by atoms with Crippen molar-refractivity contribution in [2.24, 2.45) is 0 Å². The van der Waals surface area contributed by atoms with Crippen LogP contribution in [0.2, 0.25) is 0 Å². The predicted molar refractivity (Wildman–Crippen MR) is 63.4 cm³/mol. The van der Waals surface area contributed by atoms with Gasteiger partial charge < -0.3 is 15.1 Å². The smallest absolute Gasteiger partial charge is 0.352 e. The van der Waals surface area contributed by atoms with E-state index in [4.69, 9.17) is 5.11 Å². The van der Waals surface area contributed by atoms with Crippen LogP contribution in [-0.2, 0) is 0 Å². The van der Waals surface area contributed by atoms with Crippen molar-refractivity contribution in [3.63, 3.8) is 0 Å². The standard InChI is InChI=1S/C12H8N2O3/c15-6-1-2-7-8-4-10(12(16)17)13-5-11(8)14-9(7)3-6/h1-5,13-14H,(H,16,17). The van der Waals surface area contributed by atoms with E-state index in [9.17, 15) is 9.59 Å². The first kappa shape index (κ1) is 9.65. The molecule has 17 heavy (non-hydrogen) atoms. The summed E-state index contributed by atoms with van der Waals surface area (Å²) in [5, 5.41) is 10.5. The van der Waals surface area contributed by atoms with Gasteiger partial charge in [-0.2, -0.15) is 0 Å². The number of carboxylic acids is 1. The number of carbonyl (C=O) groups is 1. The highest BCUT2D eigenvalue weighted by Gasteiger charge is 2.08. The largest absolute Gasteiger partial charge is 0.477 e. The molecule has 0 aliphatic heterocycles. The first-order chi connectivity index (χ1) is 8.15. The molecule has 84 valence electrons. The van der Waals surface area contributed by atoms with Gasteiger partial charge in [-0.25, -0.2) is 4.79 Å². The van der Waals surface area contributed by atoms with E-state index in [0.29, 0.717) is 5.52 Å². The van der Waals surface area contributed by atoms with E-state index in [1.807, 2.05) is 0 Å². The number of hydrogen-bond donors (Lipinski definition) is 3. The minimum absolute atomic E-state index is 0.0773. The minimum atomic E-state index is -1.01. The van der Waals surface area contributed by atoms with Crippen LogP contribution in [0.5, 0.6) is 0 Å². The lowest BCUT2D eigenvalue weighted by atomic mass is 10.1. The molecule has 2 heterocycles. The van der Waals surface area contributed by atoms with Gasteiger partial charge in [0.25, 0.3) is 0 Å². The molecule has 0 saturated carbocycles. The number of H-pyrrole nitrogens is 2. The van der Waals surface area contributed by atoms with Crippen LogP contribution in [-0.4, -0.2) is 21.0 Å². The summed E-state index contributed by atoms with van der Waals surface area (Å²) in [6.07, 6.45) is 1.59. The number of rotatable bonds is 1. The third-order valence-corrected chi connectivity index (χ3v) is 2.73. The highest BCUT2D eigenvalue weighted by atomic mass is 16.4. The molecule has 2 aromatic heterocycles.